The van der Waals surface area contributed by atoms with Crippen LogP contribution in [-0.4, -0.2) is 27.2 Å². The fourth-order valence-electron chi connectivity index (χ4n) is 1.52. The van der Waals surface area contributed by atoms with E-state index in [2.05, 4.69) is 25.9 Å². The van der Waals surface area contributed by atoms with E-state index in [0.29, 0.717) is 34.9 Å². The smallest absolute Gasteiger partial charge is 0.263 e. The molecular weight excluding hydrogens is 289 g/mol. The van der Waals surface area contributed by atoms with Crippen LogP contribution in [0.3, 0.4) is 0 Å². The molecule has 0 atom stereocenters. The van der Waals surface area contributed by atoms with Crippen LogP contribution < -0.4 is 10.1 Å². The number of aromatic nitrogens is 4. The van der Waals surface area contributed by atoms with Crippen LogP contribution in [0.4, 0.5) is 5.95 Å². The van der Waals surface area contributed by atoms with E-state index in [4.69, 9.17) is 27.9 Å². The average molecular weight is 302 g/mol. The second kappa shape index (κ2) is 6.58. The molecule has 2 rings (SSSR count). The number of halogens is 2. The number of nitrogens with one attached hydrogen (secondary N) is 2. The zero-order chi connectivity index (χ0) is 13.7. The minimum absolute atomic E-state index is 0.400. The van der Waals surface area contributed by atoms with E-state index < -0.39 is 0 Å². The van der Waals surface area contributed by atoms with Gasteiger partial charge in [-0.15, -0.1) is 5.10 Å². The minimum atomic E-state index is 0.400. The van der Waals surface area contributed by atoms with Crippen LogP contribution in [0, 0.1) is 0 Å². The van der Waals surface area contributed by atoms with Crippen molar-refractivity contribution in [1.82, 2.24) is 20.6 Å². The van der Waals surface area contributed by atoms with Gasteiger partial charge in [0.2, 0.25) is 0 Å². The lowest BCUT2D eigenvalue weighted by Crippen LogP contribution is -2.05. The van der Waals surface area contributed by atoms with Crippen molar-refractivity contribution in [3.63, 3.8) is 0 Å². The number of rotatable bonds is 6. The van der Waals surface area contributed by atoms with Gasteiger partial charge in [0.15, 0.2) is 0 Å². The summed E-state index contributed by atoms with van der Waals surface area (Å²) >= 11 is 12.1. The first-order valence-corrected chi connectivity index (χ1v) is 6.54. The molecule has 1 aromatic carbocycles. The molecule has 2 aromatic rings. The Balaban J connectivity index is 2.16. The lowest BCUT2D eigenvalue weighted by molar-refractivity contribution is 0.314. The minimum Gasteiger partial charge on any atom is -0.492 e. The normalized spacial score (nSPS) is 10.5. The molecule has 6 nitrogen and oxygen atoms in total. The van der Waals surface area contributed by atoms with Crippen molar-refractivity contribution in [2.24, 2.45) is 0 Å². The lowest BCUT2D eigenvalue weighted by Gasteiger charge is -2.13. The maximum Gasteiger partial charge on any atom is 0.263 e. The summed E-state index contributed by atoms with van der Waals surface area (Å²) in [7, 11) is 0. The van der Waals surface area contributed by atoms with Gasteiger partial charge in [-0.05, 0) is 23.8 Å². The first-order chi connectivity index (χ1) is 9.20. The summed E-state index contributed by atoms with van der Waals surface area (Å²) in [5.74, 6) is 1.03. The fourth-order valence-corrected chi connectivity index (χ4v) is 2.11. The number of hydrogen-bond donors (Lipinski definition) is 2. The highest BCUT2D eigenvalue weighted by Crippen LogP contribution is 2.32. The molecule has 19 heavy (non-hydrogen) atoms. The van der Waals surface area contributed by atoms with Crippen LogP contribution in [0.5, 0.6) is 5.75 Å². The predicted molar refractivity (Wildman–Crippen MR) is 73.8 cm³/mol. The summed E-state index contributed by atoms with van der Waals surface area (Å²) in [4.78, 5) is 0. The Kier molecular flexibility index (Phi) is 4.81. The van der Waals surface area contributed by atoms with E-state index in [9.17, 15) is 0 Å². The van der Waals surface area contributed by atoms with Gasteiger partial charge >= 0.3 is 0 Å². The molecule has 0 spiro atoms. The molecule has 0 aliphatic rings. The number of benzene rings is 1. The maximum atomic E-state index is 6.14. The summed E-state index contributed by atoms with van der Waals surface area (Å²) in [5, 5.41) is 17.5. The molecule has 8 heteroatoms. The molecule has 0 aliphatic carbocycles. The topological polar surface area (TPSA) is 75.7 Å². The summed E-state index contributed by atoms with van der Waals surface area (Å²) in [6.45, 7) is 3.07. The number of hydrogen-bond acceptors (Lipinski definition) is 5. The van der Waals surface area contributed by atoms with E-state index in [1.807, 2.05) is 6.92 Å². The van der Waals surface area contributed by atoms with Crippen molar-refractivity contribution in [3.05, 3.63) is 27.7 Å². The van der Waals surface area contributed by atoms with Crippen LogP contribution in [0.15, 0.2) is 12.1 Å². The number of anilines is 1. The number of aromatic amines is 1. The maximum absolute atomic E-state index is 6.14. The number of nitrogens with zero attached hydrogens (tertiary/aromatic N) is 3. The molecular formula is C11H13Cl2N5O. The van der Waals surface area contributed by atoms with E-state index in [1.54, 1.807) is 12.1 Å². The Morgan fingerprint density at radius 1 is 1.37 bits per heavy atom. The van der Waals surface area contributed by atoms with Crippen molar-refractivity contribution in [1.29, 1.82) is 0 Å². The van der Waals surface area contributed by atoms with E-state index in [-0.39, 0.29) is 0 Å². The van der Waals surface area contributed by atoms with Crippen LogP contribution in [0.1, 0.15) is 18.9 Å². The fraction of sp³-hybridized carbons (Fsp3) is 0.364. The van der Waals surface area contributed by atoms with Crippen molar-refractivity contribution in [3.8, 4) is 5.75 Å². The van der Waals surface area contributed by atoms with Gasteiger partial charge in [-0.1, -0.05) is 35.2 Å². The van der Waals surface area contributed by atoms with Crippen molar-refractivity contribution in [2.45, 2.75) is 19.9 Å². The quantitative estimate of drug-likeness (QED) is 0.858. The second-order valence-corrected chi connectivity index (χ2v) is 4.66. The SMILES string of the molecule is CCCOc1c(Cl)cc(Cl)cc1CNc1nn[nH]n1. The Bertz CT molecular complexity index is 532. The van der Waals surface area contributed by atoms with Crippen LogP contribution in [0.25, 0.3) is 0 Å². The zero-order valence-corrected chi connectivity index (χ0v) is 11.8. The average Bonchev–Trinajstić information content (AvgIpc) is 2.88. The number of tetrazole rings is 1. The Morgan fingerprint density at radius 2 is 2.21 bits per heavy atom. The first-order valence-electron chi connectivity index (χ1n) is 5.78. The van der Waals surface area contributed by atoms with Crippen LogP contribution in [-0.2, 0) is 6.54 Å². The Hall–Kier alpha value is -1.53. The summed E-state index contributed by atoms with van der Waals surface area (Å²) < 4.78 is 5.65. The molecule has 1 aromatic heterocycles. The predicted octanol–water partition coefficient (Wildman–Crippen LogP) is 2.91. The molecule has 0 radical (unpaired) electrons. The molecule has 0 saturated heterocycles. The molecule has 0 bridgehead atoms. The van der Waals surface area contributed by atoms with Crippen LogP contribution >= 0.6 is 23.2 Å². The highest BCUT2D eigenvalue weighted by atomic mass is 35.5. The van der Waals surface area contributed by atoms with Gasteiger partial charge in [0, 0.05) is 17.1 Å². The molecule has 2 N–H and O–H groups in total. The molecule has 0 amide bonds. The zero-order valence-electron chi connectivity index (χ0n) is 10.3. The molecule has 1 heterocycles. The second-order valence-electron chi connectivity index (χ2n) is 3.81. The number of ether oxygens (including phenoxy) is 1. The van der Waals surface area contributed by atoms with Gasteiger partial charge in [-0.2, -0.15) is 5.21 Å². The van der Waals surface area contributed by atoms with Gasteiger partial charge in [0.1, 0.15) is 5.75 Å². The Labute approximate surface area is 120 Å². The molecule has 0 unspecified atom stereocenters. The summed E-state index contributed by atoms with van der Waals surface area (Å²) in [5.41, 5.74) is 0.843. The molecule has 0 saturated carbocycles. The summed E-state index contributed by atoms with van der Waals surface area (Å²) in [6.07, 6.45) is 0.899. The third-order valence-electron chi connectivity index (χ3n) is 2.32. The standard InChI is InChI=1S/C11H13Cl2N5O/c1-2-3-19-10-7(4-8(12)5-9(10)13)6-14-11-15-17-18-16-11/h4-5H,2-3,6H2,1H3,(H2,14,15,16,17,18). The van der Waals surface area contributed by atoms with E-state index in [0.717, 1.165) is 12.0 Å². The van der Waals surface area contributed by atoms with Crippen molar-refractivity contribution < 1.29 is 4.74 Å². The van der Waals surface area contributed by atoms with Gasteiger partial charge in [0.25, 0.3) is 5.95 Å². The van der Waals surface area contributed by atoms with Gasteiger partial charge in [-0.3, -0.25) is 0 Å². The molecule has 102 valence electrons. The van der Waals surface area contributed by atoms with Gasteiger partial charge in [0.05, 0.1) is 11.6 Å². The van der Waals surface area contributed by atoms with Crippen molar-refractivity contribution in [2.75, 3.05) is 11.9 Å². The number of H-pyrrole nitrogens is 1. The third-order valence-corrected chi connectivity index (χ3v) is 2.82. The van der Waals surface area contributed by atoms with Gasteiger partial charge in [-0.25, -0.2) is 0 Å². The van der Waals surface area contributed by atoms with Crippen molar-refractivity contribution >= 4 is 29.2 Å². The molecule has 0 aliphatic heterocycles. The lowest BCUT2D eigenvalue weighted by atomic mass is 10.2. The highest BCUT2D eigenvalue weighted by molar-refractivity contribution is 6.35. The van der Waals surface area contributed by atoms with E-state index >= 15 is 0 Å². The van der Waals surface area contributed by atoms with E-state index in [1.165, 1.54) is 0 Å². The third kappa shape index (κ3) is 3.71. The largest absolute Gasteiger partial charge is 0.492 e. The monoisotopic (exact) mass is 301 g/mol. The van der Waals surface area contributed by atoms with Crippen LogP contribution in [0.2, 0.25) is 10.0 Å². The first kappa shape index (κ1) is 13.9. The van der Waals surface area contributed by atoms with Gasteiger partial charge < -0.3 is 10.1 Å². The molecule has 0 fully saturated rings. The Morgan fingerprint density at radius 3 is 2.89 bits per heavy atom. The summed E-state index contributed by atoms with van der Waals surface area (Å²) in [6, 6.07) is 3.46. The highest BCUT2D eigenvalue weighted by Gasteiger charge is 2.11.